The summed E-state index contributed by atoms with van der Waals surface area (Å²) in [6.07, 6.45) is 0. The summed E-state index contributed by atoms with van der Waals surface area (Å²) in [7, 11) is 0. The fraction of sp³-hybridized carbons (Fsp3) is 0.0714. The number of benzene rings is 2. The number of nitrogens with one attached hydrogen (secondary N) is 1. The van der Waals surface area contributed by atoms with E-state index in [1.165, 1.54) is 0 Å². The molecule has 0 aromatic heterocycles. The van der Waals surface area contributed by atoms with Crippen LogP contribution in [0.2, 0.25) is 0 Å². The minimum atomic E-state index is -0.471. The second-order valence-electron chi connectivity index (χ2n) is 3.98. The monoisotopic (exact) mass is 382 g/mol. The van der Waals surface area contributed by atoms with Gasteiger partial charge in [-0.25, -0.2) is 4.39 Å². The third-order valence-electron chi connectivity index (χ3n) is 2.66. The Hall–Kier alpha value is -1.38. The Balaban J connectivity index is 2.39. The zero-order chi connectivity index (χ0) is 14.0. The molecule has 19 heavy (non-hydrogen) atoms. The molecule has 0 atom stereocenters. The molecule has 0 unspecified atom stereocenters. The standard InChI is InChI=1S/C14H9Br2FN2/c1-8-6-10(15)3-5-11(8)19-12-4-2-9(7-18)13(16)14(12)17/h2-6,19H,1H3. The number of aryl methyl sites for hydroxylation is 1. The van der Waals surface area contributed by atoms with E-state index in [1.54, 1.807) is 12.1 Å². The summed E-state index contributed by atoms with van der Waals surface area (Å²) < 4.78 is 15.2. The Kier molecular flexibility index (Phi) is 4.23. The molecule has 0 heterocycles. The predicted molar refractivity (Wildman–Crippen MR) is 81.0 cm³/mol. The van der Waals surface area contributed by atoms with Gasteiger partial charge in [-0.15, -0.1) is 0 Å². The lowest BCUT2D eigenvalue weighted by atomic mass is 10.1. The number of hydrogen-bond donors (Lipinski definition) is 1. The third kappa shape index (κ3) is 2.96. The molecule has 0 spiro atoms. The van der Waals surface area contributed by atoms with Gasteiger partial charge in [0.1, 0.15) is 6.07 Å². The highest BCUT2D eigenvalue weighted by atomic mass is 79.9. The maximum atomic E-state index is 14.1. The van der Waals surface area contributed by atoms with Crippen LogP contribution in [0.3, 0.4) is 0 Å². The topological polar surface area (TPSA) is 35.8 Å². The van der Waals surface area contributed by atoms with E-state index in [0.717, 1.165) is 15.7 Å². The van der Waals surface area contributed by atoms with Crippen LogP contribution in [0.15, 0.2) is 39.3 Å². The molecule has 0 aliphatic carbocycles. The van der Waals surface area contributed by atoms with E-state index in [4.69, 9.17) is 5.26 Å². The Labute approximate surface area is 127 Å². The van der Waals surface area contributed by atoms with Crippen molar-refractivity contribution in [3.8, 4) is 6.07 Å². The number of nitriles is 1. The Morgan fingerprint density at radius 1 is 1.16 bits per heavy atom. The third-order valence-corrected chi connectivity index (χ3v) is 3.93. The van der Waals surface area contributed by atoms with Crippen molar-refractivity contribution < 1.29 is 4.39 Å². The molecule has 0 radical (unpaired) electrons. The lowest BCUT2D eigenvalue weighted by molar-refractivity contribution is 0.624. The lowest BCUT2D eigenvalue weighted by Crippen LogP contribution is -1.97. The van der Waals surface area contributed by atoms with E-state index >= 15 is 0 Å². The lowest BCUT2D eigenvalue weighted by Gasteiger charge is -2.12. The normalized spacial score (nSPS) is 10.1. The zero-order valence-corrected chi connectivity index (χ0v) is 13.1. The van der Waals surface area contributed by atoms with E-state index in [2.05, 4.69) is 37.2 Å². The molecule has 1 N–H and O–H groups in total. The van der Waals surface area contributed by atoms with Crippen LogP contribution in [-0.2, 0) is 0 Å². The van der Waals surface area contributed by atoms with Crippen molar-refractivity contribution in [3.63, 3.8) is 0 Å². The molecule has 5 heteroatoms. The van der Waals surface area contributed by atoms with Crippen molar-refractivity contribution in [2.24, 2.45) is 0 Å². The van der Waals surface area contributed by atoms with Crippen molar-refractivity contribution in [1.29, 1.82) is 5.26 Å². The fourth-order valence-corrected chi connectivity index (χ4v) is 2.55. The van der Waals surface area contributed by atoms with Crippen molar-refractivity contribution >= 4 is 43.2 Å². The van der Waals surface area contributed by atoms with Gasteiger partial charge in [-0.1, -0.05) is 15.9 Å². The Morgan fingerprint density at radius 3 is 2.47 bits per heavy atom. The second-order valence-corrected chi connectivity index (χ2v) is 5.69. The number of hydrogen-bond acceptors (Lipinski definition) is 2. The molecule has 0 aliphatic heterocycles. The fourth-order valence-electron chi connectivity index (χ4n) is 1.64. The SMILES string of the molecule is Cc1cc(Br)ccc1Nc1ccc(C#N)c(Br)c1F. The number of anilines is 2. The molecule has 2 rings (SSSR count). The quantitative estimate of drug-likeness (QED) is 0.766. The first kappa shape index (κ1) is 14.0. The molecule has 0 fully saturated rings. The summed E-state index contributed by atoms with van der Waals surface area (Å²) in [5.41, 5.74) is 2.42. The van der Waals surface area contributed by atoms with E-state index in [1.807, 2.05) is 31.2 Å². The van der Waals surface area contributed by atoms with Gasteiger partial charge in [0.15, 0.2) is 5.82 Å². The summed E-state index contributed by atoms with van der Waals surface area (Å²) in [5, 5.41) is 11.9. The van der Waals surface area contributed by atoms with Crippen molar-refractivity contribution in [3.05, 3.63) is 56.2 Å². The molecular formula is C14H9Br2FN2. The molecule has 0 saturated heterocycles. The molecule has 2 nitrogen and oxygen atoms in total. The summed E-state index contributed by atoms with van der Waals surface area (Å²) in [6, 6.07) is 10.7. The minimum Gasteiger partial charge on any atom is -0.353 e. The van der Waals surface area contributed by atoms with E-state index in [-0.39, 0.29) is 10.0 Å². The summed E-state index contributed by atoms with van der Waals surface area (Å²) in [6.45, 7) is 1.93. The van der Waals surface area contributed by atoms with Crippen LogP contribution in [0.1, 0.15) is 11.1 Å². The van der Waals surface area contributed by atoms with Gasteiger partial charge >= 0.3 is 0 Å². The molecule has 0 saturated carbocycles. The molecule has 0 bridgehead atoms. The molecule has 0 aliphatic rings. The predicted octanol–water partition coefficient (Wildman–Crippen LogP) is 5.27. The summed E-state index contributed by atoms with van der Waals surface area (Å²) in [4.78, 5) is 0. The highest BCUT2D eigenvalue weighted by molar-refractivity contribution is 9.10. The van der Waals surface area contributed by atoms with Crippen LogP contribution >= 0.6 is 31.9 Å². The Morgan fingerprint density at radius 2 is 1.84 bits per heavy atom. The molecular weight excluding hydrogens is 375 g/mol. The van der Waals surface area contributed by atoms with Crippen LogP contribution in [0.4, 0.5) is 15.8 Å². The maximum Gasteiger partial charge on any atom is 0.162 e. The van der Waals surface area contributed by atoms with Crippen LogP contribution in [0.5, 0.6) is 0 Å². The van der Waals surface area contributed by atoms with Gasteiger partial charge in [0.2, 0.25) is 0 Å². The zero-order valence-electron chi connectivity index (χ0n) is 9.97. The van der Waals surface area contributed by atoms with Gasteiger partial charge in [-0.3, -0.25) is 0 Å². The van der Waals surface area contributed by atoms with Crippen molar-refractivity contribution in [2.45, 2.75) is 6.92 Å². The van der Waals surface area contributed by atoms with Gasteiger partial charge in [-0.2, -0.15) is 5.26 Å². The minimum absolute atomic E-state index is 0.176. The maximum absolute atomic E-state index is 14.1. The Bertz CT molecular complexity index is 678. The summed E-state index contributed by atoms with van der Waals surface area (Å²) in [5.74, 6) is -0.471. The van der Waals surface area contributed by atoms with Gasteiger partial charge < -0.3 is 5.32 Å². The molecule has 2 aromatic rings. The highest BCUT2D eigenvalue weighted by Gasteiger charge is 2.11. The first-order valence-corrected chi connectivity index (χ1v) is 7.03. The average molecular weight is 384 g/mol. The number of nitrogens with zero attached hydrogens (tertiary/aromatic N) is 1. The number of halogens is 3. The van der Waals surface area contributed by atoms with Crippen LogP contribution in [0, 0.1) is 24.1 Å². The first-order valence-electron chi connectivity index (χ1n) is 5.44. The molecule has 0 amide bonds. The largest absolute Gasteiger partial charge is 0.353 e. The second kappa shape index (κ2) is 5.72. The average Bonchev–Trinajstić information content (AvgIpc) is 2.38. The van der Waals surface area contributed by atoms with Gasteiger partial charge in [0, 0.05) is 10.2 Å². The van der Waals surface area contributed by atoms with E-state index in [9.17, 15) is 4.39 Å². The molecule has 2 aromatic carbocycles. The first-order chi connectivity index (χ1) is 9.02. The molecule has 96 valence electrons. The van der Waals surface area contributed by atoms with Gasteiger partial charge in [0.05, 0.1) is 15.7 Å². The highest BCUT2D eigenvalue weighted by Crippen LogP contribution is 2.30. The summed E-state index contributed by atoms with van der Waals surface area (Å²) >= 11 is 6.47. The van der Waals surface area contributed by atoms with Crippen LogP contribution in [-0.4, -0.2) is 0 Å². The van der Waals surface area contributed by atoms with Crippen LogP contribution < -0.4 is 5.32 Å². The van der Waals surface area contributed by atoms with Crippen LogP contribution in [0.25, 0.3) is 0 Å². The van der Waals surface area contributed by atoms with E-state index in [0.29, 0.717) is 5.69 Å². The van der Waals surface area contributed by atoms with Crippen molar-refractivity contribution in [1.82, 2.24) is 0 Å². The number of rotatable bonds is 2. The van der Waals surface area contributed by atoms with E-state index < -0.39 is 5.82 Å². The van der Waals surface area contributed by atoms with Crippen molar-refractivity contribution in [2.75, 3.05) is 5.32 Å². The van der Waals surface area contributed by atoms with Gasteiger partial charge in [0.25, 0.3) is 0 Å². The smallest absolute Gasteiger partial charge is 0.162 e. The van der Waals surface area contributed by atoms with Gasteiger partial charge in [-0.05, 0) is 58.7 Å².